The van der Waals surface area contributed by atoms with E-state index in [1.54, 1.807) is 0 Å². The molecule has 0 atom stereocenters. The second-order valence-electron chi connectivity index (χ2n) is 2.78. The van der Waals surface area contributed by atoms with E-state index < -0.39 is 12.3 Å². The zero-order valence-electron chi connectivity index (χ0n) is 5.88. The normalized spacial score (nSPS) is 20.2. The molecule has 2 rings (SSSR count). The number of nitrogens with zero attached hydrogens (tertiary/aromatic N) is 1. The van der Waals surface area contributed by atoms with Gasteiger partial charge in [0.25, 0.3) is 0 Å². The molecule has 4 heteroatoms. The first-order chi connectivity index (χ1) is 5.24. The molecular weight excluding hydrogens is 149 g/mol. The van der Waals surface area contributed by atoms with Crippen LogP contribution in [-0.2, 0) is 12.3 Å². The third kappa shape index (κ3) is 1.03. The fourth-order valence-electron chi connectivity index (χ4n) is 0.952. The number of oxazole rings is 1. The Morgan fingerprint density at radius 1 is 1.73 bits per heavy atom. The van der Waals surface area contributed by atoms with Gasteiger partial charge in [0.15, 0.2) is 12.4 Å². The molecule has 0 spiro atoms. The van der Waals surface area contributed by atoms with Crippen LogP contribution < -0.4 is 0 Å². The van der Waals surface area contributed by atoms with Gasteiger partial charge in [0, 0.05) is 0 Å². The van der Waals surface area contributed by atoms with Crippen LogP contribution in [0.4, 0.5) is 4.39 Å². The SMILES string of the molecule is OC1(c2cnc(CF)o2)CC1. The average Bonchev–Trinajstić information content (AvgIpc) is 2.61. The second kappa shape index (κ2) is 2.04. The molecule has 0 unspecified atom stereocenters. The summed E-state index contributed by atoms with van der Waals surface area (Å²) < 4.78 is 16.8. The minimum Gasteiger partial charge on any atom is -0.440 e. The number of hydrogen-bond acceptors (Lipinski definition) is 3. The number of rotatable bonds is 2. The third-order valence-electron chi connectivity index (χ3n) is 1.85. The standard InChI is InChI=1S/C7H8FNO2/c8-3-6-9-4-5(11-6)7(10)1-2-7/h4,10H,1-3H2. The maximum absolute atomic E-state index is 11.9. The first kappa shape index (κ1) is 6.79. The molecule has 1 heterocycles. The van der Waals surface area contributed by atoms with Crippen LogP contribution in [0.2, 0.25) is 0 Å². The first-order valence-corrected chi connectivity index (χ1v) is 3.48. The lowest BCUT2D eigenvalue weighted by atomic mass is 10.3. The molecule has 3 nitrogen and oxygen atoms in total. The van der Waals surface area contributed by atoms with Crippen molar-refractivity contribution >= 4 is 0 Å². The van der Waals surface area contributed by atoms with Gasteiger partial charge in [-0.15, -0.1) is 0 Å². The minimum absolute atomic E-state index is 0.0420. The fraction of sp³-hybridized carbons (Fsp3) is 0.571. The lowest BCUT2D eigenvalue weighted by Gasteiger charge is -1.99. The highest BCUT2D eigenvalue weighted by Crippen LogP contribution is 2.45. The lowest BCUT2D eigenvalue weighted by molar-refractivity contribution is 0.120. The lowest BCUT2D eigenvalue weighted by Crippen LogP contribution is -2.01. The highest BCUT2D eigenvalue weighted by atomic mass is 19.1. The van der Waals surface area contributed by atoms with Gasteiger partial charge in [0.2, 0.25) is 5.89 Å². The summed E-state index contributed by atoms with van der Waals surface area (Å²) in [6, 6.07) is 0. The summed E-state index contributed by atoms with van der Waals surface area (Å²) >= 11 is 0. The largest absolute Gasteiger partial charge is 0.440 e. The van der Waals surface area contributed by atoms with E-state index >= 15 is 0 Å². The van der Waals surface area contributed by atoms with Crippen LogP contribution in [-0.4, -0.2) is 10.1 Å². The third-order valence-corrected chi connectivity index (χ3v) is 1.85. The molecule has 0 radical (unpaired) electrons. The first-order valence-electron chi connectivity index (χ1n) is 3.48. The predicted octanol–water partition coefficient (Wildman–Crippen LogP) is 1.13. The molecule has 1 N–H and O–H groups in total. The Balaban J connectivity index is 2.25. The molecule has 1 aromatic rings. The summed E-state index contributed by atoms with van der Waals surface area (Å²) in [7, 11) is 0. The predicted molar refractivity (Wildman–Crippen MR) is 34.4 cm³/mol. The van der Waals surface area contributed by atoms with Crippen LogP contribution in [0.25, 0.3) is 0 Å². The van der Waals surface area contributed by atoms with Crippen LogP contribution in [0.3, 0.4) is 0 Å². The highest BCUT2D eigenvalue weighted by Gasteiger charge is 2.45. The van der Waals surface area contributed by atoms with Gasteiger partial charge in [-0.1, -0.05) is 0 Å². The number of hydrogen-bond donors (Lipinski definition) is 1. The van der Waals surface area contributed by atoms with Crippen molar-refractivity contribution in [3.8, 4) is 0 Å². The maximum Gasteiger partial charge on any atom is 0.225 e. The monoisotopic (exact) mass is 157 g/mol. The van der Waals surface area contributed by atoms with E-state index in [0.29, 0.717) is 18.6 Å². The number of alkyl halides is 1. The summed E-state index contributed by atoms with van der Waals surface area (Å²) in [5, 5.41) is 9.45. The van der Waals surface area contributed by atoms with Crippen molar-refractivity contribution < 1.29 is 13.9 Å². The van der Waals surface area contributed by atoms with Crippen molar-refractivity contribution in [1.29, 1.82) is 0 Å². The van der Waals surface area contributed by atoms with Gasteiger partial charge < -0.3 is 9.52 Å². The van der Waals surface area contributed by atoms with Gasteiger partial charge in [-0.05, 0) is 12.8 Å². The van der Waals surface area contributed by atoms with E-state index in [1.165, 1.54) is 6.20 Å². The average molecular weight is 157 g/mol. The van der Waals surface area contributed by atoms with Crippen LogP contribution in [0.5, 0.6) is 0 Å². The molecule has 0 aliphatic heterocycles. The molecule has 1 saturated carbocycles. The molecule has 60 valence electrons. The molecule has 0 amide bonds. The van der Waals surface area contributed by atoms with Crippen molar-refractivity contribution in [3.63, 3.8) is 0 Å². The van der Waals surface area contributed by atoms with Gasteiger partial charge in [-0.3, -0.25) is 0 Å². The molecule has 1 aromatic heterocycles. The van der Waals surface area contributed by atoms with Crippen molar-refractivity contribution in [3.05, 3.63) is 17.8 Å². The van der Waals surface area contributed by atoms with Gasteiger partial charge in [0.05, 0.1) is 6.20 Å². The molecule has 1 aliphatic carbocycles. The Labute approximate surface area is 62.9 Å². The summed E-state index contributed by atoms with van der Waals surface area (Å²) in [6.07, 6.45) is 2.77. The number of aliphatic hydroxyl groups is 1. The summed E-state index contributed by atoms with van der Waals surface area (Å²) in [6.45, 7) is -0.712. The van der Waals surface area contributed by atoms with Crippen LogP contribution in [0, 0.1) is 0 Å². The van der Waals surface area contributed by atoms with Gasteiger partial charge in [0.1, 0.15) is 5.60 Å². The van der Waals surface area contributed by atoms with Crippen LogP contribution in [0.15, 0.2) is 10.6 Å². The molecule has 0 saturated heterocycles. The van der Waals surface area contributed by atoms with E-state index in [4.69, 9.17) is 4.42 Å². The summed E-state index contributed by atoms with van der Waals surface area (Å²) in [5.74, 6) is 0.436. The van der Waals surface area contributed by atoms with Crippen LogP contribution >= 0.6 is 0 Å². The molecule has 1 fully saturated rings. The van der Waals surface area contributed by atoms with Gasteiger partial charge in [-0.2, -0.15) is 0 Å². The molecule has 0 aromatic carbocycles. The quantitative estimate of drug-likeness (QED) is 0.699. The topological polar surface area (TPSA) is 46.3 Å². The molecule has 1 aliphatic rings. The van der Waals surface area contributed by atoms with Crippen molar-refractivity contribution in [2.75, 3.05) is 0 Å². The van der Waals surface area contributed by atoms with E-state index in [9.17, 15) is 9.50 Å². The Hall–Kier alpha value is -0.900. The van der Waals surface area contributed by atoms with E-state index in [2.05, 4.69) is 4.98 Å². The Kier molecular flexibility index (Phi) is 1.26. The Morgan fingerprint density at radius 2 is 2.45 bits per heavy atom. The molecular formula is C7H8FNO2. The van der Waals surface area contributed by atoms with E-state index in [0.717, 1.165) is 0 Å². The number of aromatic nitrogens is 1. The van der Waals surface area contributed by atoms with Crippen molar-refractivity contribution in [2.45, 2.75) is 25.1 Å². The fourth-order valence-corrected chi connectivity index (χ4v) is 0.952. The highest BCUT2D eigenvalue weighted by molar-refractivity contribution is 5.13. The van der Waals surface area contributed by atoms with Crippen molar-refractivity contribution in [2.24, 2.45) is 0 Å². The van der Waals surface area contributed by atoms with E-state index in [-0.39, 0.29) is 5.89 Å². The Morgan fingerprint density at radius 3 is 2.91 bits per heavy atom. The van der Waals surface area contributed by atoms with Gasteiger partial charge >= 0.3 is 0 Å². The minimum atomic E-state index is -0.833. The van der Waals surface area contributed by atoms with Crippen molar-refractivity contribution in [1.82, 2.24) is 4.98 Å². The zero-order valence-corrected chi connectivity index (χ0v) is 5.88. The summed E-state index contributed by atoms with van der Waals surface area (Å²) in [5.41, 5.74) is -0.833. The maximum atomic E-state index is 11.9. The molecule has 11 heavy (non-hydrogen) atoms. The zero-order chi connectivity index (χ0) is 7.90. The smallest absolute Gasteiger partial charge is 0.225 e. The summed E-state index contributed by atoms with van der Waals surface area (Å²) in [4.78, 5) is 3.64. The molecule has 0 bridgehead atoms. The van der Waals surface area contributed by atoms with E-state index in [1.807, 2.05) is 0 Å². The van der Waals surface area contributed by atoms with Crippen LogP contribution in [0.1, 0.15) is 24.5 Å². The number of halogens is 1. The van der Waals surface area contributed by atoms with Gasteiger partial charge in [-0.25, -0.2) is 9.37 Å². The second-order valence-corrected chi connectivity index (χ2v) is 2.78. The Bertz CT molecular complexity index is 267.